The van der Waals surface area contributed by atoms with Gasteiger partial charge in [0.05, 0.1) is 0 Å². The molecule has 3 heterocycles. The Morgan fingerprint density at radius 1 is 1.07 bits per heavy atom. The molecule has 4 rings (SSSR count). The van der Waals surface area contributed by atoms with Gasteiger partial charge >= 0.3 is 0 Å². The second-order valence-corrected chi connectivity index (χ2v) is 8.32. The van der Waals surface area contributed by atoms with Gasteiger partial charge in [-0.3, -0.25) is 14.4 Å². The Kier molecular flexibility index (Phi) is 5.56. The van der Waals surface area contributed by atoms with Gasteiger partial charge in [-0.25, -0.2) is 0 Å². The fourth-order valence-electron chi connectivity index (χ4n) is 4.47. The molecular weight excluding hydrogens is 392 g/mol. The number of likely N-dealkylation sites (tertiary alicyclic amines) is 1. The molecule has 1 aromatic carbocycles. The largest absolute Gasteiger partial charge is 0.364 e. The Bertz CT molecular complexity index is 999. The number of aromatic nitrogens is 1. The summed E-state index contributed by atoms with van der Waals surface area (Å²) < 4.78 is 7.09. The number of ketones is 1. The van der Waals surface area contributed by atoms with Gasteiger partial charge in [0.1, 0.15) is 13.2 Å². The first-order valence-corrected chi connectivity index (χ1v) is 10.1. The van der Waals surface area contributed by atoms with Crippen molar-refractivity contribution in [2.24, 2.45) is 5.92 Å². The molecule has 1 fully saturated rings. The van der Waals surface area contributed by atoms with Crippen LogP contribution in [0.15, 0.2) is 41.2 Å². The second-order valence-electron chi connectivity index (χ2n) is 7.88. The average Bonchev–Trinajstić information content (AvgIpc) is 2.69. The number of fused-ring (bicyclic) bond motifs is 4. The molecule has 2 aliphatic rings. The fourth-order valence-corrected chi connectivity index (χ4v) is 4.59. The van der Waals surface area contributed by atoms with Crippen LogP contribution >= 0.6 is 11.6 Å². The highest BCUT2D eigenvalue weighted by Crippen LogP contribution is 2.40. The molecule has 152 valence electrons. The van der Waals surface area contributed by atoms with Crippen LogP contribution in [-0.4, -0.2) is 47.5 Å². The summed E-state index contributed by atoms with van der Waals surface area (Å²) in [7, 11) is 0. The van der Waals surface area contributed by atoms with Gasteiger partial charge in [-0.2, -0.15) is 0 Å². The van der Waals surface area contributed by atoms with E-state index in [9.17, 15) is 14.4 Å². The molecule has 1 aromatic heterocycles. The molecule has 0 aliphatic carbocycles. The summed E-state index contributed by atoms with van der Waals surface area (Å²) in [6.07, 6.45) is 0.947. The minimum absolute atomic E-state index is 0.00279. The zero-order chi connectivity index (χ0) is 20.5. The normalized spacial score (nSPS) is 20.3. The molecule has 2 unspecified atom stereocenters. The summed E-state index contributed by atoms with van der Waals surface area (Å²) in [5.41, 5.74) is 2.99. The number of carbonyl (C=O) groups is 2. The van der Waals surface area contributed by atoms with Crippen LogP contribution < -0.4 is 5.56 Å². The van der Waals surface area contributed by atoms with E-state index in [-0.39, 0.29) is 42.3 Å². The Hall–Kier alpha value is -2.44. The van der Waals surface area contributed by atoms with Gasteiger partial charge in [-0.05, 0) is 43.0 Å². The van der Waals surface area contributed by atoms with Crippen molar-refractivity contribution in [1.82, 2.24) is 9.47 Å². The van der Waals surface area contributed by atoms with Crippen molar-refractivity contribution >= 4 is 23.3 Å². The fraction of sp³-hybridized carbons (Fsp3) is 0.409. The number of amides is 1. The van der Waals surface area contributed by atoms with E-state index < -0.39 is 0 Å². The zero-order valence-corrected chi connectivity index (χ0v) is 17.0. The van der Waals surface area contributed by atoms with Crippen LogP contribution in [0, 0.1) is 5.92 Å². The van der Waals surface area contributed by atoms with Crippen LogP contribution in [0.3, 0.4) is 0 Å². The molecule has 0 N–H and O–H groups in total. The number of benzene rings is 1. The van der Waals surface area contributed by atoms with Crippen LogP contribution in [0.5, 0.6) is 0 Å². The van der Waals surface area contributed by atoms with Crippen LogP contribution in [0.2, 0.25) is 5.02 Å². The monoisotopic (exact) mass is 414 g/mol. The van der Waals surface area contributed by atoms with Crippen molar-refractivity contribution in [3.05, 3.63) is 57.5 Å². The Balaban J connectivity index is 1.62. The molecule has 0 saturated carbocycles. The number of Topliss-reactive ketones (excluding diaryl/α,β-unsaturated/α-hetero) is 1. The third-order valence-corrected chi connectivity index (χ3v) is 5.88. The highest BCUT2D eigenvalue weighted by Gasteiger charge is 2.37. The lowest BCUT2D eigenvalue weighted by atomic mass is 9.80. The van der Waals surface area contributed by atoms with Crippen molar-refractivity contribution in [2.45, 2.75) is 25.8 Å². The molecule has 2 aromatic rings. The van der Waals surface area contributed by atoms with E-state index in [0.29, 0.717) is 24.7 Å². The van der Waals surface area contributed by atoms with Crippen molar-refractivity contribution in [1.29, 1.82) is 0 Å². The molecule has 7 heteroatoms. The van der Waals surface area contributed by atoms with Crippen LogP contribution in [0.4, 0.5) is 0 Å². The van der Waals surface area contributed by atoms with Crippen molar-refractivity contribution in [3.63, 3.8) is 0 Å². The molecule has 1 amide bonds. The average molecular weight is 415 g/mol. The first-order chi connectivity index (χ1) is 13.9. The predicted octanol–water partition coefficient (Wildman–Crippen LogP) is 2.72. The quantitative estimate of drug-likeness (QED) is 0.754. The summed E-state index contributed by atoms with van der Waals surface area (Å²) in [6, 6.07) is 11.1. The van der Waals surface area contributed by atoms with Crippen molar-refractivity contribution in [3.8, 4) is 11.1 Å². The number of halogens is 1. The third-order valence-electron chi connectivity index (χ3n) is 5.63. The van der Waals surface area contributed by atoms with Crippen LogP contribution in [-0.2, 0) is 20.9 Å². The first kappa shape index (κ1) is 19.9. The predicted molar refractivity (Wildman–Crippen MR) is 110 cm³/mol. The number of hydrogen-bond donors (Lipinski definition) is 0. The summed E-state index contributed by atoms with van der Waals surface area (Å²) in [5.74, 6) is 0.102. The molecule has 2 aliphatic heterocycles. The minimum atomic E-state index is -0.110. The molecule has 0 spiro atoms. The number of carbonyl (C=O) groups excluding carboxylic acids is 2. The number of rotatable bonds is 5. The summed E-state index contributed by atoms with van der Waals surface area (Å²) in [5, 5.41) is 0.663. The summed E-state index contributed by atoms with van der Waals surface area (Å²) in [6.45, 7) is 3.04. The van der Waals surface area contributed by atoms with Gasteiger partial charge in [0.25, 0.3) is 5.56 Å². The highest BCUT2D eigenvalue weighted by atomic mass is 35.5. The van der Waals surface area contributed by atoms with Gasteiger partial charge in [-0.1, -0.05) is 23.7 Å². The Labute approximate surface area is 174 Å². The number of ether oxygens (including phenoxy) is 1. The van der Waals surface area contributed by atoms with Crippen molar-refractivity contribution in [2.75, 3.05) is 26.3 Å². The standard InChI is InChI=1S/C22H23ClN2O4/c1-14(26)12-29-13-21(28)24-9-15-8-17(11-24)22-19(6-7-20(27)25(22)10-15)16-2-4-18(23)5-3-16/h2-7,15,17H,8-13H2,1H3. The first-order valence-electron chi connectivity index (χ1n) is 9.77. The third kappa shape index (κ3) is 4.14. The topological polar surface area (TPSA) is 68.6 Å². The Morgan fingerprint density at radius 3 is 2.55 bits per heavy atom. The number of pyridine rings is 1. The molecule has 6 nitrogen and oxygen atoms in total. The maximum atomic E-state index is 12.6. The molecule has 2 atom stereocenters. The highest BCUT2D eigenvalue weighted by molar-refractivity contribution is 6.30. The van der Waals surface area contributed by atoms with Gasteiger partial charge in [0, 0.05) is 47.9 Å². The van der Waals surface area contributed by atoms with E-state index >= 15 is 0 Å². The second kappa shape index (κ2) is 8.13. The smallest absolute Gasteiger partial charge is 0.250 e. The zero-order valence-electron chi connectivity index (χ0n) is 16.3. The lowest BCUT2D eigenvalue weighted by Gasteiger charge is -2.43. The molecule has 2 bridgehead atoms. The van der Waals surface area contributed by atoms with Crippen LogP contribution in [0.1, 0.15) is 25.0 Å². The maximum Gasteiger partial charge on any atom is 0.250 e. The lowest BCUT2D eigenvalue weighted by molar-refractivity contribution is -0.140. The van der Waals surface area contributed by atoms with Gasteiger partial charge in [0.15, 0.2) is 5.78 Å². The van der Waals surface area contributed by atoms with Crippen molar-refractivity contribution < 1.29 is 14.3 Å². The van der Waals surface area contributed by atoms with Gasteiger partial charge in [0.2, 0.25) is 5.91 Å². The van der Waals surface area contributed by atoms with E-state index in [4.69, 9.17) is 16.3 Å². The van der Waals surface area contributed by atoms with E-state index in [0.717, 1.165) is 23.2 Å². The lowest BCUT2D eigenvalue weighted by Crippen LogP contribution is -2.50. The summed E-state index contributed by atoms with van der Waals surface area (Å²) >= 11 is 6.03. The Morgan fingerprint density at radius 2 is 1.83 bits per heavy atom. The summed E-state index contributed by atoms with van der Waals surface area (Å²) in [4.78, 5) is 38.0. The van der Waals surface area contributed by atoms with Gasteiger partial charge < -0.3 is 14.2 Å². The van der Waals surface area contributed by atoms with E-state index in [1.54, 1.807) is 6.07 Å². The van der Waals surface area contributed by atoms with E-state index in [1.165, 1.54) is 6.92 Å². The molecule has 0 radical (unpaired) electrons. The van der Waals surface area contributed by atoms with Gasteiger partial charge in [-0.15, -0.1) is 0 Å². The molecule has 1 saturated heterocycles. The SMILES string of the molecule is CC(=O)COCC(=O)N1CC2CC(C1)c1c(-c3ccc(Cl)cc3)ccc(=O)n1C2. The minimum Gasteiger partial charge on any atom is -0.364 e. The van der Waals surface area contributed by atoms with Crippen LogP contribution in [0.25, 0.3) is 11.1 Å². The maximum absolute atomic E-state index is 12.6. The number of piperidine rings is 1. The number of nitrogens with zero attached hydrogens (tertiary/aromatic N) is 2. The number of hydrogen-bond acceptors (Lipinski definition) is 4. The van der Waals surface area contributed by atoms with E-state index in [2.05, 4.69) is 0 Å². The molecular formula is C22H23ClN2O4. The molecule has 29 heavy (non-hydrogen) atoms. The van der Waals surface area contributed by atoms with E-state index in [1.807, 2.05) is 39.8 Å².